The Morgan fingerprint density at radius 2 is 1.71 bits per heavy atom. The molecule has 3 rings (SSSR count). The normalized spacial score (nSPS) is 10.4. The molecule has 0 aliphatic carbocycles. The number of nitrogens with one attached hydrogen (secondary N) is 1. The molecule has 3 nitrogen and oxygen atoms in total. The van der Waals surface area contributed by atoms with Gasteiger partial charge in [0.05, 0.1) is 5.69 Å². The fraction of sp³-hybridized carbons (Fsp3) is 0. The lowest BCUT2D eigenvalue weighted by molar-refractivity contribution is 1.26. The third-order valence-electron chi connectivity index (χ3n) is 2.58. The van der Waals surface area contributed by atoms with E-state index in [-0.39, 0.29) is 0 Å². The molecule has 0 saturated heterocycles. The molecule has 3 aromatic rings. The molecule has 0 unspecified atom stereocenters. The van der Waals surface area contributed by atoms with Gasteiger partial charge in [-0.1, -0.05) is 30.3 Å². The van der Waals surface area contributed by atoms with E-state index in [1.54, 1.807) is 12.4 Å². The Labute approximate surface area is 99.2 Å². The van der Waals surface area contributed by atoms with Gasteiger partial charge in [0.25, 0.3) is 0 Å². The fourth-order valence-electron chi connectivity index (χ4n) is 1.73. The van der Waals surface area contributed by atoms with E-state index in [1.807, 2.05) is 48.7 Å². The highest BCUT2D eigenvalue weighted by Gasteiger charge is 2.04. The SMILES string of the molecule is c1ccc(-c2c[nH]c(-c3cccnc3)n2)cc1. The summed E-state index contributed by atoms with van der Waals surface area (Å²) in [5.41, 5.74) is 3.05. The van der Waals surface area contributed by atoms with Crippen LogP contribution in [0, 0.1) is 0 Å². The average Bonchev–Trinajstić information content (AvgIpc) is 2.90. The summed E-state index contributed by atoms with van der Waals surface area (Å²) < 4.78 is 0. The zero-order valence-corrected chi connectivity index (χ0v) is 9.17. The third kappa shape index (κ3) is 1.95. The Morgan fingerprint density at radius 1 is 0.882 bits per heavy atom. The molecular formula is C14H11N3. The second-order valence-corrected chi connectivity index (χ2v) is 3.74. The van der Waals surface area contributed by atoms with E-state index in [2.05, 4.69) is 15.0 Å². The van der Waals surface area contributed by atoms with Gasteiger partial charge in [-0.3, -0.25) is 4.98 Å². The van der Waals surface area contributed by atoms with Gasteiger partial charge >= 0.3 is 0 Å². The topological polar surface area (TPSA) is 41.6 Å². The number of pyridine rings is 1. The van der Waals surface area contributed by atoms with E-state index in [0.29, 0.717) is 0 Å². The van der Waals surface area contributed by atoms with Crippen LogP contribution in [0.4, 0.5) is 0 Å². The quantitative estimate of drug-likeness (QED) is 0.722. The van der Waals surface area contributed by atoms with Crippen LogP contribution in [0.1, 0.15) is 0 Å². The van der Waals surface area contributed by atoms with Gasteiger partial charge in [0, 0.05) is 29.7 Å². The van der Waals surface area contributed by atoms with Crippen molar-refractivity contribution in [2.45, 2.75) is 0 Å². The van der Waals surface area contributed by atoms with Gasteiger partial charge < -0.3 is 4.98 Å². The molecule has 82 valence electrons. The minimum atomic E-state index is 0.844. The summed E-state index contributed by atoms with van der Waals surface area (Å²) in [7, 11) is 0. The van der Waals surface area contributed by atoms with E-state index < -0.39 is 0 Å². The molecule has 0 aliphatic heterocycles. The van der Waals surface area contributed by atoms with Crippen molar-refractivity contribution in [3.63, 3.8) is 0 Å². The first kappa shape index (κ1) is 9.78. The molecule has 1 aromatic carbocycles. The van der Waals surface area contributed by atoms with Gasteiger partial charge in [-0.05, 0) is 12.1 Å². The number of nitrogens with zero attached hydrogens (tertiary/aromatic N) is 2. The zero-order chi connectivity index (χ0) is 11.5. The van der Waals surface area contributed by atoms with Crippen molar-refractivity contribution in [1.82, 2.24) is 15.0 Å². The van der Waals surface area contributed by atoms with E-state index in [0.717, 1.165) is 22.6 Å². The van der Waals surface area contributed by atoms with Gasteiger partial charge in [-0.15, -0.1) is 0 Å². The molecule has 0 radical (unpaired) electrons. The van der Waals surface area contributed by atoms with Crippen LogP contribution in [0.5, 0.6) is 0 Å². The van der Waals surface area contributed by atoms with Crippen LogP contribution in [0.25, 0.3) is 22.6 Å². The van der Waals surface area contributed by atoms with Crippen LogP contribution in [0.3, 0.4) is 0 Å². The minimum Gasteiger partial charge on any atom is -0.344 e. The molecule has 2 heterocycles. The van der Waals surface area contributed by atoms with Crippen molar-refractivity contribution in [2.24, 2.45) is 0 Å². The van der Waals surface area contributed by atoms with Crippen LogP contribution in [0.2, 0.25) is 0 Å². The average molecular weight is 221 g/mol. The van der Waals surface area contributed by atoms with Crippen LogP contribution in [0.15, 0.2) is 61.1 Å². The lowest BCUT2D eigenvalue weighted by Gasteiger charge is -1.95. The van der Waals surface area contributed by atoms with Gasteiger partial charge in [-0.2, -0.15) is 0 Å². The van der Waals surface area contributed by atoms with E-state index in [4.69, 9.17) is 0 Å². The first-order valence-corrected chi connectivity index (χ1v) is 5.45. The molecule has 0 atom stereocenters. The first-order chi connectivity index (χ1) is 8.43. The maximum Gasteiger partial charge on any atom is 0.139 e. The number of hydrogen-bond donors (Lipinski definition) is 1. The second kappa shape index (κ2) is 4.22. The molecule has 2 aromatic heterocycles. The van der Waals surface area contributed by atoms with Crippen LogP contribution in [-0.4, -0.2) is 15.0 Å². The van der Waals surface area contributed by atoms with Gasteiger partial charge in [0.1, 0.15) is 5.82 Å². The standard InChI is InChI=1S/C14H11N3/c1-2-5-11(6-3-1)13-10-16-14(17-13)12-7-4-8-15-9-12/h1-10H,(H,16,17). The maximum absolute atomic E-state index is 4.56. The fourth-order valence-corrected chi connectivity index (χ4v) is 1.73. The highest BCUT2D eigenvalue weighted by molar-refractivity contribution is 5.63. The van der Waals surface area contributed by atoms with Crippen LogP contribution >= 0.6 is 0 Å². The van der Waals surface area contributed by atoms with Gasteiger partial charge in [-0.25, -0.2) is 4.98 Å². The van der Waals surface area contributed by atoms with Gasteiger partial charge in [0.15, 0.2) is 0 Å². The lowest BCUT2D eigenvalue weighted by atomic mass is 10.2. The van der Waals surface area contributed by atoms with E-state index >= 15 is 0 Å². The third-order valence-corrected chi connectivity index (χ3v) is 2.58. The summed E-state index contributed by atoms with van der Waals surface area (Å²) >= 11 is 0. The highest BCUT2D eigenvalue weighted by Crippen LogP contribution is 2.20. The largest absolute Gasteiger partial charge is 0.344 e. The van der Waals surface area contributed by atoms with E-state index in [9.17, 15) is 0 Å². The number of hydrogen-bond acceptors (Lipinski definition) is 2. The molecule has 3 heteroatoms. The number of rotatable bonds is 2. The molecule has 1 N–H and O–H groups in total. The van der Waals surface area contributed by atoms with Crippen molar-refractivity contribution in [3.05, 3.63) is 61.1 Å². The molecule has 0 fully saturated rings. The van der Waals surface area contributed by atoms with Crippen LogP contribution in [-0.2, 0) is 0 Å². The number of benzene rings is 1. The monoisotopic (exact) mass is 221 g/mol. The van der Waals surface area contributed by atoms with Crippen molar-refractivity contribution in [3.8, 4) is 22.6 Å². The van der Waals surface area contributed by atoms with Crippen molar-refractivity contribution in [1.29, 1.82) is 0 Å². The molecule has 0 spiro atoms. The molecule has 0 aliphatic rings. The Morgan fingerprint density at radius 3 is 2.47 bits per heavy atom. The van der Waals surface area contributed by atoms with Crippen LogP contribution < -0.4 is 0 Å². The zero-order valence-electron chi connectivity index (χ0n) is 9.17. The predicted molar refractivity (Wildman–Crippen MR) is 67.3 cm³/mol. The number of aromatic nitrogens is 3. The first-order valence-electron chi connectivity index (χ1n) is 5.45. The molecule has 0 bridgehead atoms. The summed E-state index contributed by atoms with van der Waals surface area (Å²) in [6.45, 7) is 0. The van der Waals surface area contributed by atoms with Gasteiger partial charge in [0.2, 0.25) is 0 Å². The molecular weight excluding hydrogens is 210 g/mol. The maximum atomic E-state index is 4.56. The summed E-state index contributed by atoms with van der Waals surface area (Å²) in [4.78, 5) is 11.8. The number of imidazole rings is 1. The summed E-state index contributed by atoms with van der Waals surface area (Å²) in [6, 6.07) is 14.0. The minimum absolute atomic E-state index is 0.844. The van der Waals surface area contributed by atoms with E-state index in [1.165, 1.54) is 0 Å². The number of H-pyrrole nitrogens is 1. The smallest absolute Gasteiger partial charge is 0.139 e. The summed E-state index contributed by atoms with van der Waals surface area (Å²) in [5, 5.41) is 0. The molecule has 0 saturated carbocycles. The Kier molecular flexibility index (Phi) is 2.43. The second-order valence-electron chi connectivity index (χ2n) is 3.74. The lowest BCUT2D eigenvalue weighted by Crippen LogP contribution is -1.81. The predicted octanol–water partition coefficient (Wildman–Crippen LogP) is 3.14. The Bertz CT molecular complexity index is 546. The summed E-state index contributed by atoms with van der Waals surface area (Å²) in [6.07, 6.45) is 5.47. The molecule has 0 amide bonds. The highest BCUT2D eigenvalue weighted by atomic mass is 14.9. The number of aromatic amines is 1. The summed E-state index contributed by atoms with van der Waals surface area (Å²) in [5.74, 6) is 0.844. The van der Waals surface area contributed by atoms with Crippen molar-refractivity contribution < 1.29 is 0 Å². The Balaban J connectivity index is 1.99. The van der Waals surface area contributed by atoms with Crippen molar-refractivity contribution >= 4 is 0 Å². The molecule has 17 heavy (non-hydrogen) atoms. The van der Waals surface area contributed by atoms with Crippen molar-refractivity contribution in [2.75, 3.05) is 0 Å². The Hall–Kier alpha value is -2.42.